The average Bonchev–Trinajstić information content (AvgIpc) is 2.69. The van der Waals surface area contributed by atoms with Crippen molar-refractivity contribution in [1.82, 2.24) is 4.90 Å². The summed E-state index contributed by atoms with van der Waals surface area (Å²) in [4.78, 5) is 13.3. The Hall–Kier alpha value is -1.81. The molecule has 4 heteroatoms. The van der Waals surface area contributed by atoms with Crippen LogP contribution in [0.2, 0.25) is 0 Å². The standard InChI is InChI=1S/C12H13NO3/c1-13(2)8-15-12(14)11-7-9-5-3-4-6-10(9)16-11/h3-7H,8H2,1-2H3. The van der Waals surface area contributed by atoms with E-state index in [1.54, 1.807) is 11.0 Å². The molecule has 1 aromatic carbocycles. The molecule has 16 heavy (non-hydrogen) atoms. The second-order valence-electron chi connectivity index (χ2n) is 3.79. The molecule has 0 atom stereocenters. The first kappa shape index (κ1) is 10.7. The van der Waals surface area contributed by atoms with Gasteiger partial charge in [0, 0.05) is 5.39 Å². The van der Waals surface area contributed by atoms with Crippen molar-refractivity contribution in [3.8, 4) is 0 Å². The minimum atomic E-state index is -0.440. The van der Waals surface area contributed by atoms with Gasteiger partial charge in [0.1, 0.15) is 12.3 Å². The van der Waals surface area contributed by atoms with Crippen molar-refractivity contribution in [2.24, 2.45) is 0 Å². The fourth-order valence-electron chi connectivity index (χ4n) is 1.34. The summed E-state index contributed by atoms with van der Waals surface area (Å²) in [5.74, 6) is -0.201. The summed E-state index contributed by atoms with van der Waals surface area (Å²) in [7, 11) is 3.65. The summed E-state index contributed by atoms with van der Waals surface area (Å²) in [6.07, 6.45) is 0. The number of carbonyl (C=O) groups is 1. The van der Waals surface area contributed by atoms with Gasteiger partial charge >= 0.3 is 5.97 Å². The van der Waals surface area contributed by atoms with E-state index in [0.29, 0.717) is 5.58 Å². The Kier molecular flexibility index (Phi) is 2.92. The summed E-state index contributed by atoms with van der Waals surface area (Å²) in [5, 5.41) is 0.902. The van der Waals surface area contributed by atoms with Crippen molar-refractivity contribution >= 4 is 16.9 Å². The molecule has 0 N–H and O–H groups in total. The predicted molar refractivity (Wildman–Crippen MR) is 60.2 cm³/mol. The minimum absolute atomic E-state index is 0.239. The molecule has 0 saturated carbocycles. The van der Waals surface area contributed by atoms with Crippen LogP contribution < -0.4 is 0 Å². The third-order valence-corrected chi connectivity index (χ3v) is 2.08. The van der Waals surface area contributed by atoms with Crippen molar-refractivity contribution in [3.63, 3.8) is 0 Å². The van der Waals surface area contributed by atoms with E-state index in [9.17, 15) is 4.79 Å². The molecule has 0 fully saturated rings. The van der Waals surface area contributed by atoms with Crippen molar-refractivity contribution in [1.29, 1.82) is 0 Å². The first-order chi connectivity index (χ1) is 7.66. The molecule has 2 rings (SSSR count). The molecule has 0 unspecified atom stereocenters. The number of hydrogen-bond donors (Lipinski definition) is 0. The van der Waals surface area contributed by atoms with Gasteiger partial charge in [0.15, 0.2) is 0 Å². The van der Waals surface area contributed by atoms with Gasteiger partial charge in [-0.2, -0.15) is 0 Å². The second-order valence-corrected chi connectivity index (χ2v) is 3.79. The summed E-state index contributed by atoms with van der Waals surface area (Å²) in [6, 6.07) is 9.15. The average molecular weight is 219 g/mol. The monoisotopic (exact) mass is 219 g/mol. The molecular formula is C12H13NO3. The molecule has 0 bridgehead atoms. The zero-order valence-electron chi connectivity index (χ0n) is 9.27. The van der Waals surface area contributed by atoms with Crippen molar-refractivity contribution in [2.45, 2.75) is 0 Å². The number of furan rings is 1. The number of ether oxygens (including phenoxy) is 1. The zero-order chi connectivity index (χ0) is 11.5. The molecule has 0 aliphatic rings. The van der Waals surface area contributed by atoms with Crippen molar-refractivity contribution in [3.05, 3.63) is 36.1 Å². The third-order valence-electron chi connectivity index (χ3n) is 2.08. The smallest absolute Gasteiger partial charge is 0.375 e. The van der Waals surface area contributed by atoms with E-state index in [2.05, 4.69) is 0 Å². The molecule has 0 aliphatic heterocycles. The van der Waals surface area contributed by atoms with Gasteiger partial charge in [-0.1, -0.05) is 18.2 Å². The lowest BCUT2D eigenvalue weighted by Crippen LogP contribution is -2.19. The fourth-order valence-corrected chi connectivity index (χ4v) is 1.34. The van der Waals surface area contributed by atoms with Crippen LogP contribution in [0.4, 0.5) is 0 Å². The maximum absolute atomic E-state index is 11.6. The van der Waals surface area contributed by atoms with E-state index in [4.69, 9.17) is 9.15 Å². The normalized spacial score (nSPS) is 10.9. The Morgan fingerprint density at radius 2 is 2.12 bits per heavy atom. The van der Waals surface area contributed by atoms with Crippen LogP contribution in [0, 0.1) is 0 Å². The molecule has 4 nitrogen and oxygen atoms in total. The Labute approximate surface area is 93.4 Å². The summed E-state index contributed by atoms with van der Waals surface area (Å²) in [5.41, 5.74) is 0.694. The number of rotatable bonds is 3. The highest BCUT2D eigenvalue weighted by Crippen LogP contribution is 2.19. The van der Waals surface area contributed by atoms with Gasteiger partial charge in [0.2, 0.25) is 5.76 Å². The molecule has 1 aromatic heterocycles. The fraction of sp³-hybridized carbons (Fsp3) is 0.250. The minimum Gasteiger partial charge on any atom is -0.449 e. The molecule has 84 valence electrons. The Bertz CT molecular complexity index is 469. The largest absolute Gasteiger partial charge is 0.449 e. The van der Waals surface area contributed by atoms with Crippen LogP contribution in [-0.4, -0.2) is 31.7 Å². The van der Waals surface area contributed by atoms with Crippen LogP contribution >= 0.6 is 0 Å². The van der Waals surface area contributed by atoms with Gasteiger partial charge in [-0.25, -0.2) is 4.79 Å². The Morgan fingerprint density at radius 1 is 1.38 bits per heavy atom. The van der Waals surface area contributed by atoms with E-state index < -0.39 is 5.97 Å². The number of hydrogen-bond acceptors (Lipinski definition) is 4. The van der Waals surface area contributed by atoms with Gasteiger partial charge < -0.3 is 9.15 Å². The SMILES string of the molecule is CN(C)COC(=O)c1cc2ccccc2o1. The lowest BCUT2D eigenvalue weighted by atomic mass is 10.2. The van der Waals surface area contributed by atoms with Gasteiger partial charge in [-0.3, -0.25) is 4.90 Å². The van der Waals surface area contributed by atoms with E-state index in [-0.39, 0.29) is 12.5 Å². The van der Waals surface area contributed by atoms with Crippen molar-refractivity contribution in [2.75, 3.05) is 20.8 Å². The number of para-hydroxylation sites is 1. The van der Waals surface area contributed by atoms with E-state index in [1.807, 2.05) is 38.4 Å². The molecule has 0 radical (unpaired) electrons. The molecule has 0 saturated heterocycles. The van der Waals surface area contributed by atoms with E-state index >= 15 is 0 Å². The number of esters is 1. The quantitative estimate of drug-likeness (QED) is 0.585. The molecule has 0 amide bonds. The van der Waals surface area contributed by atoms with E-state index in [0.717, 1.165) is 5.39 Å². The van der Waals surface area contributed by atoms with Crippen LogP contribution in [0.15, 0.2) is 34.7 Å². The highest BCUT2D eigenvalue weighted by Gasteiger charge is 2.13. The molecule has 0 aliphatic carbocycles. The first-order valence-corrected chi connectivity index (χ1v) is 4.97. The number of carbonyl (C=O) groups excluding carboxylic acids is 1. The lowest BCUT2D eigenvalue weighted by Gasteiger charge is -2.08. The predicted octanol–water partition coefficient (Wildman–Crippen LogP) is 2.11. The summed E-state index contributed by atoms with van der Waals surface area (Å²) < 4.78 is 10.4. The summed E-state index contributed by atoms with van der Waals surface area (Å²) >= 11 is 0. The Morgan fingerprint density at radius 3 is 2.81 bits per heavy atom. The highest BCUT2D eigenvalue weighted by atomic mass is 16.6. The van der Waals surface area contributed by atoms with Crippen LogP contribution in [0.3, 0.4) is 0 Å². The van der Waals surface area contributed by atoms with Crippen LogP contribution in [0.1, 0.15) is 10.6 Å². The first-order valence-electron chi connectivity index (χ1n) is 4.97. The maximum Gasteiger partial charge on any atom is 0.375 e. The third kappa shape index (κ3) is 2.23. The number of benzene rings is 1. The second kappa shape index (κ2) is 4.37. The van der Waals surface area contributed by atoms with Crippen LogP contribution in [0.25, 0.3) is 11.0 Å². The van der Waals surface area contributed by atoms with Crippen molar-refractivity contribution < 1.29 is 13.9 Å². The van der Waals surface area contributed by atoms with Crippen LogP contribution in [0.5, 0.6) is 0 Å². The van der Waals surface area contributed by atoms with E-state index in [1.165, 1.54) is 0 Å². The molecule has 2 aromatic rings. The van der Waals surface area contributed by atoms with Gasteiger partial charge in [0.25, 0.3) is 0 Å². The zero-order valence-corrected chi connectivity index (χ0v) is 9.27. The van der Waals surface area contributed by atoms with Gasteiger partial charge in [-0.15, -0.1) is 0 Å². The molecular weight excluding hydrogens is 206 g/mol. The topological polar surface area (TPSA) is 42.7 Å². The van der Waals surface area contributed by atoms with Gasteiger partial charge in [0.05, 0.1) is 0 Å². The summed E-state index contributed by atoms with van der Waals surface area (Å²) in [6.45, 7) is 0.246. The van der Waals surface area contributed by atoms with Gasteiger partial charge in [-0.05, 0) is 26.2 Å². The number of fused-ring (bicyclic) bond motifs is 1. The number of nitrogens with zero attached hydrogens (tertiary/aromatic N) is 1. The van der Waals surface area contributed by atoms with Crippen LogP contribution in [-0.2, 0) is 4.74 Å². The lowest BCUT2D eigenvalue weighted by molar-refractivity contribution is 0.0287. The molecule has 1 heterocycles. The highest BCUT2D eigenvalue weighted by molar-refractivity contribution is 5.92. The Balaban J connectivity index is 2.17. The maximum atomic E-state index is 11.6. The molecule has 0 spiro atoms.